The number of fused-ring (bicyclic) bond motifs is 1. The molecule has 0 saturated carbocycles. The first-order valence-electron chi connectivity index (χ1n) is 7.54. The molecule has 3 rings (SSSR count). The van der Waals surface area contributed by atoms with Crippen LogP contribution in [0, 0.1) is 0 Å². The lowest BCUT2D eigenvalue weighted by molar-refractivity contribution is -0.187. The fourth-order valence-corrected chi connectivity index (χ4v) is 2.80. The van der Waals surface area contributed by atoms with E-state index in [-0.39, 0.29) is 11.6 Å². The molecule has 0 spiro atoms. The summed E-state index contributed by atoms with van der Waals surface area (Å²) in [7, 11) is 0. The molecule has 0 amide bonds. The van der Waals surface area contributed by atoms with Gasteiger partial charge in [0, 0.05) is 5.56 Å². The maximum Gasteiger partial charge on any atom is 0.339 e. The number of aryl methyl sites for hydroxylation is 1. The SMILES string of the molecule is CCCc1ccc(-c2ccc3c(c2)C=CC(F)(F)C3(F)F)cc1. The number of allylic oxidation sites excluding steroid dienone is 1. The first kappa shape index (κ1) is 15.8. The van der Waals surface area contributed by atoms with Gasteiger partial charge in [0.15, 0.2) is 0 Å². The van der Waals surface area contributed by atoms with E-state index in [1.807, 2.05) is 24.3 Å². The molecular formula is C19H16F4. The average molecular weight is 320 g/mol. The summed E-state index contributed by atoms with van der Waals surface area (Å²) in [4.78, 5) is 0. The number of benzene rings is 2. The molecule has 2 aromatic rings. The lowest BCUT2D eigenvalue weighted by Crippen LogP contribution is -2.38. The number of halogens is 4. The van der Waals surface area contributed by atoms with Crippen molar-refractivity contribution in [2.24, 2.45) is 0 Å². The van der Waals surface area contributed by atoms with Crippen molar-refractivity contribution >= 4 is 6.08 Å². The molecule has 1 aliphatic rings. The highest BCUT2D eigenvalue weighted by Gasteiger charge is 2.57. The molecule has 0 heterocycles. The molecule has 0 unspecified atom stereocenters. The largest absolute Gasteiger partial charge is 0.339 e. The molecule has 4 heteroatoms. The van der Waals surface area contributed by atoms with Gasteiger partial charge in [0.05, 0.1) is 0 Å². The van der Waals surface area contributed by atoms with Gasteiger partial charge < -0.3 is 0 Å². The molecule has 0 atom stereocenters. The van der Waals surface area contributed by atoms with Gasteiger partial charge in [0.25, 0.3) is 0 Å². The third-order valence-electron chi connectivity index (χ3n) is 4.11. The van der Waals surface area contributed by atoms with Gasteiger partial charge >= 0.3 is 11.8 Å². The minimum atomic E-state index is -4.18. The van der Waals surface area contributed by atoms with Crippen molar-refractivity contribution in [1.82, 2.24) is 0 Å². The molecule has 0 bridgehead atoms. The monoisotopic (exact) mass is 320 g/mol. The van der Waals surface area contributed by atoms with Crippen LogP contribution < -0.4 is 0 Å². The van der Waals surface area contributed by atoms with E-state index in [0.717, 1.165) is 36.1 Å². The molecule has 120 valence electrons. The Bertz CT molecular complexity index is 742. The van der Waals surface area contributed by atoms with Crippen molar-refractivity contribution in [2.45, 2.75) is 31.6 Å². The zero-order chi connectivity index (χ0) is 16.7. The van der Waals surface area contributed by atoms with Crippen LogP contribution in [0.3, 0.4) is 0 Å². The topological polar surface area (TPSA) is 0 Å². The normalized spacial score (nSPS) is 17.8. The van der Waals surface area contributed by atoms with Gasteiger partial charge in [0.2, 0.25) is 0 Å². The van der Waals surface area contributed by atoms with Crippen LogP contribution in [0.5, 0.6) is 0 Å². The Balaban J connectivity index is 1.99. The van der Waals surface area contributed by atoms with E-state index in [2.05, 4.69) is 6.92 Å². The Morgan fingerprint density at radius 3 is 2.17 bits per heavy atom. The minimum Gasteiger partial charge on any atom is -0.195 e. The quantitative estimate of drug-likeness (QED) is 0.603. The van der Waals surface area contributed by atoms with E-state index in [1.165, 1.54) is 17.7 Å². The van der Waals surface area contributed by atoms with Crippen LogP contribution in [0.2, 0.25) is 0 Å². The number of hydrogen-bond acceptors (Lipinski definition) is 0. The zero-order valence-corrected chi connectivity index (χ0v) is 12.6. The van der Waals surface area contributed by atoms with E-state index in [4.69, 9.17) is 0 Å². The van der Waals surface area contributed by atoms with Gasteiger partial charge in [-0.3, -0.25) is 0 Å². The van der Waals surface area contributed by atoms with Crippen LogP contribution in [0.25, 0.3) is 17.2 Å². The average Bonchev–Trinajstić information content (AvgIpc) is 2.52. The number of hydrogen-bond donors (Lipinski definition) is 0. The van der Waals surface area contributed by atoms with E-state index in [0.29, 0.717) is 0 Å². The summed E-state index contributed by atoms with van der Waals surface area (Å²) in [6, 6.07) is 11.9. The van der Waals surface area contributed by atoms with E-state index >= 15 is 0 Å². The highest BCUT2D eigenvalue weighted by molar-refractivity contribution is 5.71. The number of alkyl halides is 4. The van der Waals surface area contributed by atoms with Crippen molar-refractivity contribution in [1.29, 1.82) is 0 Å². The summed E-state index contributed by atoms with van der Waals surface area (Å²) in [5.41, 5.74) is 2.33. The Kier molecular flexibility index (Phi) is 3.78. The molecule has 0 aromatic heterocycles. The van der Waals surface area contributed by atoms with Gasteiger partial charge in [-0.15, -0.1) is 0 Å². The lowest BCUT2D eigenvalue weighted by Gasteiger charge is -2.29. The van der Waals surface area contributed by atoms with Crippen LogP contribution >= 0.6 is 0 Å². The van der Waals surface area contributed by atoms with Crippen molar-refractivity contribution in [3.05, 3.63) is 65.2 Å². The van der Waals surface area contributed by atoms with Crippen LogP contribution in [0.4, 0.5) is 17.6 Å². The van der Waals surface area contributed by atoms with Crippen molar-refractivity contribution in [3.63, 3.8) is 0 Å². The lowest BCUT2D eigenvalue weighted by atomic mass is 9.88. The maximum atomic E-state index is 13.8. The van der Waals surface area contributed by atoms with Gasteiger partial charge in [-0.05, 0) is 40.8 Å². The predicted molar refractivity (Wildman–Crippen MR) is 83.7 cm³/mol. The summed E-state index contributed by atoms with van der Waals surface area (Å²) in [5, 5.41) is 0. The third-order valence-corrected chi connectivity index (χ3v) is 4.11. The Labute approximate surface area is 132 Å². The smallest absolute Gasteiger partial charge is 0.195 e. The van der Waals surface area contributed by atoms with Crippen LogP contribution in [0.15, 0.2) is 48.5 Å². The van der Waals surface area contributed by atoms with Crippen molar-refractivity contribution in [2.75, 3.05) is 0 Å². The zero-order valence-electron chi connectivity index (χ0n) is 12.6. The standard InChI is InChI=1S/C19H16F4/c1-2-3-13-4-6-14(7-5-13)15-8-9-17-16(12-15)10-11-18(20,21)19(17,22)23/h4-12H,2-3H2,1H3. The second-order valence-electron chi connectivity index (χ2n) is 5.78. The predicted octanol–water partition coefficient (Wildman–Crippen LogP) is 6.06. The van der Waals surface area contributed by atoms with Crippen LogP contribution in [-0.4, -0.2) is 5.92 Å². The van der Waals surface area contributed by atoms with E-state index in [1.54, 1.807) is 0 Å². The summed E-state index contributed by atoms with van der Waals surface area (Å²) < 4.78 is 54.4. The third kappa shape index (κ3) is 2.67. The highest BCUT2D eigenvalue weighted by atomic mass is 19.3. The second kappa shape index (κ2) is 5.52. The highest BCUT2D eigenvalue weighted by Crippen LogP contribution is 2.48. The van der Waals surface area contributed by atoms with Crippen LogP contribution in [0.1, 0.15) is 30.0 Å². The fraction of sp³-hybridized carbons (Fsp3) is 0.263. The van der Waals surface area contributed by atoms with E-state index in [9.17, 15) is 17.6 Å². The molecule has 1 aliphatic carbocycles. The molecule has 0 aliphatic heterocycles. The summed E-state index contributed by atoms with van der Waals surface area (Å²) >= 11 is 0. The first-order chi connectivity index (χ1) is 10.8. The van der Waals surface area contributed by atoms with Gasteiger partial charge in [-0.1, -0.05) is 55.8 Å². The summed E-state index contributed by atoms with van der Waals surface area (Å²) in [5.74, 6) is -8.33. The van der Waals surface area contributed by atoms with Crippen molar-refractivity contribution in [3.8, 4) is 11.1 Å². The maximum absolute atomic E-state index is 13.8. The molecule has 0 saturated heterocycles. The number of rotatable bonds is 3. The summed E-state index contributed by atoms with van der Waals surface area (Å²) in [6.45, 7) is 2.10. The van der Waals surface area contributed by atoms with E-state index < -0.39 is 17.4 Å². The van der Waals surface area contributed by atoms with Crippen LogP contribution in [-0.2, 0) is 12.3 Å². The molecule has 0 nitrogen and oxygen atoms in total. The minimum absolute atomic E-state index is 0.135. The Morgan fingerprint density at radius 2 is 1.52 bits per heavy atom. The van der Waals surface area contributed by atoms with Crippen molar-refractivity contribution < 1.29 is 17.6 Å². The van der Waals surface area contributed by atoms with Gasteiger partial charge in [-0.2, -0.15) is 17.6 Å². The molecule has 2 aromatic carbocycles. The Hall–Kier alpha value is -2.10. The molecule has 0 radical (unpaired) electrons. The molecule has 0 fully saturated rings. The first-order valence-corrected chi connectivity index (χ1v) is 7.54. The fourth-order valence-electron chi connectivity index (χ4n) is 2.80. The Morgan fingerprint density at radius 1 is 0.870 bits per heavy atom. The van der Waals surface area contributed by atoms with Gasteiger partial charge in [0.1, 0.15) is 0 Å². The molecule has 0 N–H and O–H groups in total. The summed E-state index contributed by atoms with van der Waals surface area (Å²) in [6.07, 6.45) is 3.38. The second-order valence-corrected chi connectivity index (χ2v) is 5.78. The van der Waals surface area contributed by atoms with Gasteiger partial charge in [-0.25, -0.2) is 0 Å². The molecular weight excluding hydrogens is 304 g/mol. The molecule has 23 heavy (non-hydrogen) atoms.